The lowest BCUT2D eigenvalue weighted by Gasteiger charge is -2.33. The molecule has 2 heterocycles. The number of esters is 1. The van der Waals surface area contributed by atoms with E-state index in [4.69, 9.17) is 25.8 Å². The average Bonchev–Trinajstić information content (AvgIpc) is 3.04. The lowest BCUT2D eigenvalue weighted by atomic mass is 10.0. The van der Waals surface area contributed by atoms with Gasteiger partial charge < -0.3 is 14.2 Å². The Labute approximate surface area is 166 Å². The van der Waals surface area contributed by atoms with E-state index in [1.807, 2.05) is 29.2 Å². The normalized spacial score (nSPS) is 14.9. The molecule has 0 N–H and O–H groups in total. The summed E-state index contributed by atoms with van der Waals surface area (Å²) in [4.78, 5) is 27.2. The lowest BCUT2D eigenvalue weighted by molar-refractivity contribution is -0.147. The minimum atomic E-state index is -0.712. The molecule has 0 aliphatic carbocycles. The monoisotopic (exact) mass is 409 g/mol. The van der Waals surface area contributed by atoms with Crippen LogP contribution >= 0.6 is 22.9 Å². The van der Waals surface area contributed by atoms with Crippen molar-refractivity contribution in [3.8, 4) is 5.06 Å². The van der Waals surface area contributed by atoms with E-state index in [1.54, 1.807) is 13.0 Å². The van der Waals surface area contributed by atoms with E-state index in [9.17, 15) is 9.59 Å². The molecule has 1 unspecified atom stereocenters. The number of methoxy groups -OCH3 is 1. The Morgan fingerprint density at radius 3 is 2.81 bits per heavy atom. The zero-order valence-electron chi connectivity index (χ0n) is 15.1. The number of halogens is 1. The molecule has 6 nitrogen and oxygen atoms in total. The molecule has 144 valence electrons. The van der Waals surface area contributed by atoms with Gasteiger partial charge >= 0.3 is 12.1 Å². The van der Waals surface area contributed by atoms with Crippen LogP contribution in [0, 0.1) is 0 Å². The van der Waals surface area contributed by atoms with Crippen molar-refractivity contribution >= 4 is 35.1 Å². The molecule has 27 heavy (non-hydrogen) atoms. The van der Waals surface area contributed by atoms with E-state index in [0.717, 1.165) is 16.9 Å². The Hall–Kier alpha value is -2.09. The van der Waals surface area contributed by atoms with Gasteiger partial charge in [-0.25, -0.2) is 9.59 Å². The lowest BCUT2D eigenvalue weighted by Crippen LogP contribution is -2.38. The maximum Gasteiger partial charge on any atom is 0.514 e. The van der Waals surface area contributed by atoms with E-state index in [2.05, 4.69) is 0 Å². The van der Waals surface area contributed by atoms with Gasteiger partial charge in [0.1, 0.15) is 6.04 Å². The largest absolute Gasteiger partial charge is 0.514 e. The molecule has 0 amide bonds. The first kappa shape index (κ1) is 19.7. The van der Waals surface area contributed by atoms with Crippen molar-refractivity contribution in [3.63, 3.8) is 0 Å². The molecule has 3 rings (SSSR count). The molecule has 0 radical (unpaired) electrons. The molecular formula is C19H20ClNO5S. The van der Waals surface area contributed by atoms with Crippen LogP contribution in [0.4, 0.5) is 4.79 Å². The maximum absolute atomic E-state index is 12.5. The van der Waals surface area contributed by atoms with Gasteiger partial charge in [-0.2, -0.15) is 0 Å². The highest BCUT2D eigenvalue weighted by Gasteiger charge is 2.33. The third-order valence-corrected chi connectivity index (χ3v) is 5.77. The standard InChI is InChI=1S/C19H20ClNO5S/c1-3-25-19(23)26-16-10-12-11-21(9-8-15(12)27-16)17(18(22)24-2)13-6-4-5-7-14(13)20/h4-7,10,17H,3,8-9,11H2,1-2H3. The topological polar surface area (TPSA) is 65.1 Å². The van der Waals surface area contributed by atoms with Crippen molar-refractivity contribution in [3.05, 3.63) is 51.4 Å². The number of benzene rings is 1. The van der Waals surface area contributed by atoms with Crippen LogP contribution in [0.3, 0.4) is 0 Å². The number of nitrogens with zero attached hydrogens (tertiary/aromatic N) is 1. The zero-order chi connectivity index (χ0) is 19.4. The number of ether oxygens (including phenoxy) is 3. The molecule has 1 aromatic heterocycles. The maximum atomic E-state index is 12.5. The van der Waals surface area contributed by atoms with Gasteiger partial charge in [0.25, 0.3) is 0 Å². The molecule has 8 heteroatoms. The Morgan fingerprint density at radius 2 is 2.11 bits per heavy atom. The van der Waals surface area contributed by atoms with Crippen LogP contribution < -0.4 is 4.74 Å². The Morgan fingerprint density at radius 1 is 1.33 bits per heavy atom. The Bertz CT molecular complexity index is 837. The fourth-order valence-corrected chi connectivity index (χ4v) is 4.35. The second-order valence-corrected chi connectivity index (χ2v) is 7.47. The number of hydrogen-bond donors (Lipinski definition) is 0. The molecule has 0 fully saturated rings. The molecule has 1 aliphatic rings. The number of thiophene rings is 1. The molecule has 2 aromatic rings. The van der Waals surface area contributed by atoms with Gasteiger partial charge in [-0.3, -0.25) is 4.90 Å². The third-order valence-electron chi connectivity index (χ3n) is 4.31. The number of carbonyl (C=O) groups excluding carboxylic acids is 2. The fraction of sp³-hybridized carbons (Fsp3) is 0.368. The van der Waals surface area contributed by atoms with E-state index in [0.29, 0.717) is 28.7 Å². The number of carbonyl (C=O) groups is 2. The van der Waals surface area contributed by atoms with Crippen LogP contribution in [0.1, 0.15) is 29.0 Å². The second-order valence-electron chi connectivity index (χ2n) is 5.97. The Balaban J connectivity index is 1.82. The van der Waals surface area contributed by atoms with Crippen LogP contribution in [0.15, 0.2) is 30.3 Å². The van der Waals surface area contributed by atoms with Gasteiger partial charge in [-0.05, 0) is 36.6 Å². The first-order valence-electron chi connectivity index (χ1n) is 8.56. The summed E-state index contributed by atoms with van der Waals surface area (Å²) in [7, 11) is 1.37. The van der Waals surface area contributed by atoms with Crippen LogP contribution in [0.25, 0.3) is 0 Å². The van der Waals surface area contributed by atoms with Gasteiger partial charge in [-0.15, -0.1) is 11.3 Å². The van der Waals surface area contributed by atoms with Crippen molar-refractivity contribution in [2.75, 3.05) is 20.3 Å². The SMILES string of the molecule is CCOC(=O)Oc1cc2c(s1)CCN(C(C(=O)OC)c1ccccc1Cl)C2. The highest BCUT2D eigenvalue weighted by molar-refractivity contribution is 7.14. The van der Waals surface area contributed by atoms with Crippen LogP contribution in [-0.2, 0) is 27.2 Å². The molecule has 1 aromatic carbocycles. The zero-order valence-corrected chi connectivity index (χ0v) is 16.6. The van der Waals surface area contributed by atoms with Crippen molar-refractivity contribution in [2.45, 2.75) is 25.9 Å². The first-order chi connectivity index (χ1) is 13.0. The third kappa shape index (κ3) is 4.43. The fourth-order valence-electron chi connectivity index (χ4n) is 3.11. The minimum absolute atomic E-state index is 0.260. The summed E-state index contributed by atoms with van der Waals surface area (Å²) in [6.07, 6.45) is 0.0286. The highest BCUT2D eigenvalue weighted by Crippen LogP contribution is 2.37. The molecule has 0 saturated carbocycles. The van der Waals surface area contributed by atoms with Gasteiger partial charge in [0, 0.05) is 23.0 Å². The number of hydrogen-bond acceptors (Lipinski definition) is 7. The number of rotatable bonds is 5. The van der Waals surface area contributed by atoms with Crippen LogP contribution in [-0.4, -0.2) is 37.3 Å². The summed E-state index contributed by atoms with van der Waals surface area (Å²) >= 11 is 7.75. The predicted molar refractivity (Wildman–Crippen MR) is 102 cm³/mol. The molecule has 1 aliphatic heterocycles. The summed E-state index contributed by atoms with van der Waals surface area (Å²) < 4.78 is 15.0. The average molecular weight is 410 g/mol. The summed E-state index contributed by atoms with van der Waals surface area (Å²) in [5.74, 6) is -0.357. The minimum Gasteiger partial charge on any atom is -0.468 e. The molecule has 0 spiro atoms. The smallest absolute Gasteiger partial charge is 0.468 e. The number of fused-ring (bicyclic) bond motifs is 1. The summed E-state index contributed by atoms with van der Waals surface area (Å²) in [5, 5.41) is 1.02. The molecular weight excluding hydrogens is 390 g/mol. The van der Waals surface area contributed by atoms with Gasteiger partial charge in [-0.1, -0.05) is 29.8 Å². The van der Waals surface area contributed by atoms with E-state index in [-0.39, 0.29) is 12.6 Å². The predicted octanol–water partition coefficient (Wildman–Crippen LogP) is 4.21. The van der Waals surface area contributed by atoms with Crippen LogP contribution in [0.2, 0.25) is 5.02 Å². The van der Waals surface area contributed by atoms with E-state index < -0.39 is 12.2 Å². The van der Waals surface area contributed by atoms with E-state index >= 15 is 0 Å². The van der Waals surface area contributed by atoms with Crippen molar-refractivity contribution < 1.29 is 23.8 Å². The molecule has 1 atom stereocenters. The first-order valence-corrected chi connectivity index (χ1v) is 9.75. The van der Waals surface area contributed by atoms with Gasteiger partial charge in [0.2, 0.25) is 0 Å². The van der Waals surface area contributed by atoms with Crippen LogP contribution in [0.5, 0.6) is 5.06 Å². The van der Waals surface area contributed by atoms with Crippen molar-refractivity contribution in [2.24, 2.45) is 0 Å². The highest BCUT2D eigenvalue weighted by atomic mass is 35.5. The van der Waals surface area contributed by atoms with Gasteiger partial charge in [0.05, 0.1) is 13.7 Å². The molecule has 0 bridgehead atoms. The van der Waals surface area contributed by atoms with Crippen molar-refractivity contribution in [1.29, 1.82) is 0 Å². The summed E-state index contributed by atoms with van der Waals surface area (Å²) in [5.41, 5.74) is 1.74. The van der Waals surface area contributed by atoms with Crippen molar-refractivity contribution in [1.82, 2.24) is 4.90 Å². The van der Waals surface area contributed by atoms with E-state index in [1.165, 1.54) is 18.4 Å². The van der Waals surface area contributed by atoms with Gasteiger partial charge in [0.15, 0.2) is 5.06 Å². The summed E-state index contributed by atoms with van der Waals surface area (Å²) in [6.45, 7) is 3.18. The second kappa shape index (κ2) is 8.73. The molecule has 0 saturated heterocycles. The Kier molecular flexibility index (Phi) is 6.36. The summed E-state index contributed by atoms with van der Waals surface area (Å²) in [6, 6.07) is 8.50. The quantitative estimate of drug-likeness (QED) is 0.689.